The van der Waals surface area contributed by atoms with Crippen molar-refractivity contribution in [2.75, 3.05) is 19.6 Å². The second-order valence-corrected chi connectivity index (χ2v) is 6.60. The lowest BCUT2D eigenvalue weighted by molar-refractivity contribution is 0.154. The molecular weight excluding hydrogens is 248 g/mol. The predicted molar refractivity (Wildman–Crippen MR) is 83.5 cm³/mol. The number of rotatable bonds is 7. The second kappa shape index (κ2) is 7.84. The number of likely N-dealkylation sites (tertiary alicyclic amines) is 1. The molecule has 1 saturated heterocycles. The molecule has 1 aliphatic rings. The van der Waals surface area contributed by atoms with Crippen LogP contribution in [0, 0.1) is 11.8 Å². The maximum Gasteiger partial charge on any atom is 0.118 e. The summed E-state index contributed by atoms with van der Waals surface area (Å²) in [4.78, 5) is 2.54. The van der Waals surface area contributed by atoms with Gasteiger partial charge in [-0.1, -0.05) is 27.2 Å². The van der Waals surface area contributed by atoms with E-state index in [0.29, 0.717) is 5.92 Å². The zero-order valence-corrected chi connectivity index (χ0v) is 13.3. The van der Waals surface area contributed by atoms with Gasteiger partial charge in [0.25, 0.3) is 0 Å². The lowest BCUT2D eigenvalue weighted by Gasteiger charge is -2.31. The van der Waals surface area contributed by atoms with E-state index in [1.165, 1.54) is 37.9 Å². The summed E-state index contributed by atoms with van der Waals surface area (Å²) in [5, 5.41) is 3.46. The van der Waals surface area contributed by atoms with Crippen LogP contribution in [0.4, 0.5) is 0 Å². The fourth-order valence-corrected chi connectivity index (χ4v) is 2.96. The van der Waals surface area contributed by atoms with Crippen LogP contribution in [0.25, 0.3) is 0 Å². The monoisotopic (exact) mass is 278 g/mol. The smallest absolute Gasteiger partial charge is 0.118 e. The zero-order chi connectivity index (χ0) is 14.4. The van der Waals surface area contributed by atoms with E-state index < -0.39 is 0 Å². The van der Waals surface area contributed by atoms with Crippen molar-refractivity contribution < 1.29 is 4.42 Å². The van der Waals surface area contributed by atoms with Crippen LogP contribution in [0.2, 0.25) is 0 Å². The molecule has 1 N–H and O–H groups in total. The maximum absolute atomic E-state index is 5.71. The molecule has 1 unspecified atom stereocenters. The minimum Gasteiger partial charge on any atom is -0.468 e. The van der Waals surface area contributed by atoms with E-state index in [1.807, 2.05) is 6.26 Å². The topological polar surface area (TPSA) is 28.4 Å². The van der Waals surface area contributed by atoms with Crippen molar-refractivity contribution in [2.24, 2.45) is 11.8 Å². The average molecular weight is 278 g/mol. The van der Waals surface area contributed by atoms with E-state index >= 15 is 0 Å². The third-order valence-electron chi connectivity index (χ3n) is 4.15. The molecule has 0 amide bonds. The maximum atomic E-state index is 5.71. The van der Waals surface area contributed by atoms with E-state index in [-0.39, 0.29) is 0 Å². The first-order valence-corrected chi connectivity index (χ1v) is 8.16. The highest BCUT2D eigenvalue weighted by atomic mass is 16.3. The van der Waals surface area contributed by atoms with Gasteiger partial charge < -0.3 is 9.73 Å². The highest BCUT2D eigenvalue weighted by Crippen LogP contribution is 2.21. The number of hydrogen-bond donors (Lipinski definition) is 1. The molecule has 0 radical (unpaired) electrons. The summed E-state index contributed by atoms with van der Waals surface area (Å²) >= 11 is 0. The van der Waals surface area contributed by atoms with Crippen molar-refractivity contribution in [3.8, 4) is 0 Å². The molecule has 2 heterocycles. The summed E-state index contributed by atoms with van der Waals surface area (Å²) in [6.07, 6.45) is 5.94. The highest BCUT2D eigenvalue weighted by Gasteiger charge is 2.19. The van der Waals surface area contributed by atoms with Crippen LogP contribution >= 0.6 is 0 Å². The molecule has 3 heteroatoms. The Bertz CT molecular complexity index is 386. The van der Waals surface area contributed by atoms with Crippen molar-refractivity contribution in [3.63, 3.8) is 0 Å². The van der Waals surface area contributed by atoms with Crippen molar-refractivity contribution in [1.29, 1.82) is 0 Å². The van der Waals surface area contributed by atoms with Gasteiger partial charge in [0.1, 0.15) is 5.76 Å². The van der Waals surface area contributed by atoms with Crippen LogP contribution < -0.4 is 5.32 Å². The Kier molecular flexibility index (Phi) is 6.11. The van der Waals surface area contributed by atoms with E-state index in [0.717, 1.165) is 31.3 Å². The van der Waals surface area contributed by atoms with Crippen molar-refractivity contribution in [2.45, 2.75) is 53.1 Å². The van der Waals surface area contributed by atoms with Crippen LogP contribution in [0.15, 0.2) is 16.7 Å². The highest BCUT2D eigenvalue weighted by molar-refractivity contribution is 5.12. The Morgan fingerprint density at radius 1 is 1.45 bits per heavy atom. The summed E-state index contributed by atoms with van der Waals surface area (Å²) in [5.41, 5.74) is 1.27. The van der Waals surface area contributed by atoms with Gasteiger partial charge in [0.15, 0.2) is 0 Å². The van der Waals surface area contributed by atoms with Gasteiger partial charge in [0.2, 0.25) is 0 Å². The van der Waals surface area contributed by atoms with Crippen molar-refractivity contribution in [1.82, 2.24) is 10.2 Å². The number of piperidine rings is 1. The second-order valence-electron chi connectivity index (χ2n) is 6.60. The average Bonchev–Trinajstić information content (AvgIpc) is 2.86. The summed E-state index contributed by atoms with van der Waals surface area (Å²) in [5.74, 6) is 2.69. The fourth-order valence-electron chi connectivity index (χ4n) is 2.96. The first-order chi connectivity index (χ1) is 9.67. The predicted octanol–water partition coefficient (Wildman–Crippen LogP) is 3.65. The molecule has 114 valence electrons. The van der Waals surface area contributed by atoms with Crippen molar-refractivity contribution in [3.05, 3.63) is 23.7 Å². The van der Waals surface area contributed by atoms with Crippen LogP contribution in [0.5, 0.6) is 0 Å². The molecule has 0 saturated carbocycles. The summed E-state index contributed by atoms with van der Waals surface area (Å²) in [6, 6.07) is 2.21. The van der Waals surface area contributed by atoms with Crippen LogP contribution in [0.1, 0.15) is 51.4 Å². The normalized spacial score (nSPS) is 20.7. The molecule has 3 nitrogen and oxygen atoms in total. The quantitative estimate of drug-likeness (QED) is 0.825. The molecular formula is C17H30N2O. The fraction of sp³-hybridized carbons (Fsp3) is 0.765. The number of nitrogens with zero attached hydrogens (tertiary/aromatic N) is 1. The molecule has 0 aliphatic carbocycles. The summed E-state index contributed by atoms with van der Waals surface area (Å²) < 4.78 is 5.71. The van der Waals surface area contributed by atoms with Gasteiger partial charge >= 0.3 is 0 Å². The van der Waals surface area contributed by atoms with Crippen LogP contribution in [-0.2, 0) is 13.1 Å². The lowest BCUT2D eigenvalue weighted by Crippen LogP contribution is -2.34. The molecule has 1 atom stereocenters. The largest absolute Gasteiger partial charge is 0.468 e. The molecule has 0 bridgehead atoms. The van der Waals surface area contributed by atoms with Gasteiger partial charge in [-0.15, -0.1) is 0 Å². The Labute approximate surface area is 123 Å². The molecule has 0 spiro atoms. The van der Waals surface area contributed by atoms with Gasteiger partial charge in [-0.25, -0.2) is 0 Å². The van der Waals surface area contributed by atoms with Gasteiger partial charge in [-0.2, -0.15) is 0 Å². The Hall–Kier alpha value is -0.800. The molecule has 1 aromatic rings. The van der Waals surface area contributed by atoms with Gasteiger partial charge in [0, 0.05) is 18.7 Å². The van der Waals surface area contributed by atoms with Gasteiger partial charge in [-0.05, 0) is 43.8 Å². The van der Waals surface area contributed by atoms with E-state index in [1.54, 1.807) is 0 Å². The zero-order valence-electron chi connectivity index (χ0n) is 13.3. The molecule has 20 heavy (non-hydrogen) atoms. The van der Waals surface area contributed by atoms with Gasteiger partial charge in [-0.3, -0.25) is 4.90 Å². The van der Waals surface area contributed by atoms with E-state index in [9.17, 15) is 0 Å². The molecule has 0 aromatic carbocycles. The number of furan rings is 1. The lowest BCUT2D eigenvalue weighted by atomic mass is 9.96. The summed E-state index contributed by atoms with van der Waals surface area (Å²) in [7, 11) is 0. The summed E-state index contributed by atoms with van der Waals surface area (Å²) in [6.45, 7) is 12.2. The SMILES string of the molecule is CCC1CCCN(Cc2cc(CNCC(C)C)co2)C1. The van der Waals surface area contributed by atoms with Gasteiger partial charge in [0.05, 0.1) is 12.8 Å². The Morgan fingerprint density at radius 2 is 2.30 bits per heavy atom. The standard InChI is InChI=1S/C17H30N2O/c1-4-15-6-5-7-19(11-15)12-17-8-16(13-20-17)10-18-9-14(2)3/h8,13-15,18H,4-7,9-12H2,1-3H3. The molecule has 1 fully saturated rings. The van der Waals surface area contributed by atoms with Crippen molar-refractivity contribution >= 4 is 0 Å². The first-order valence-electron chi connectivity index (χ1n) is 8.16. The number of hydrogen-bond acceptors (Lipinski definition) is 3. The Balaban J connectivity index is 1.77. The first kappa shape index (κ1) is 15.6. The van der Waals surface area contributed by atoms with Crippen LogP contribution in [0.3, 0.4) is 0 Å². The third-order valence-corrected chi connectivity index (χ3v) is 4.15. The minimum absolute atomic E-state index is 0.695. The Morgan fingerprint density at radius 3 is 3.05 bits per heavy atom. The van der Waals surface area contributed by atoms with Crippen LogP contribution in [-0.4, -0.2) is 24.5 Å². The van der Waals surface area contributed by atoms with E-state index in [4.69, 9.17) is 4.42 Å². The number of nitrogens with one attached hydrogen (secondary N) is 1. The molecule has 1 aliphatic heterocycles. The molecule has 2 rings (SSSR count). The van der Waals surface area contributed by atoms with E-state index in [2.05, 4.69) is 37.1 Å². The third kappa shape index (κ3) is 4.95. The molecule has 1 aromatic heterocycles. The minimum atomic E-state index is 0.695.